The second-order valence-corrected chi connectivity index (χ2v) is 5.53. The smallest absolute Gasteiger partial charge is 0.230 e. The number of fused-ring (bicyclic) bond motifs is 1. The number of oxime groups is 1. The molecule has 0 radical (unpaired) electrons. The average molecular weight is 334 g/mol. The number of hydroxylamine groups is 1. The molecule has 1 heterocycles. The first kappa shape index (κ1) is 15.3. The molecule has 0 spiro atoms. The minimum Gasteiger partial charge on any atom is -0.623 e. The predicted octanol–water partition coefficient (Wildman–Crippen LogP) is 3.08. The molecule has 1 atom stereocenters. The third kappa shape index (κ3) is 2.98. The summed E-state index contributed by atoms with van der Waals surface area (Å²) in [6.07, 6.45) is 1.22. The molecule has 0 fully saturated rings. The van der Waals surface area contributed by atoms with E-state index in [-0.39, 0.29) is 17.8 Å². The molecule has 0 amide bonds. The van der Waals surface area contributed by atoms with Crippen molar-refractivity contribution in [1.29, 1.82) is 0 Å². The van der Waals surface area contributed by atoms with Gasteiger partial charge in [-0.3, -0.25) is 0 Å². The highest BCUT2D eigenvalue weighted by Gasteiger charge is 2.28. The second-order valence-electron chi connectivity index (χ2n) is 5.09. The van der Waals surface area contributed by atoms with E-state index >= 15 is 0 Å². The van der Waals surface area contributed by atoms with Crippen LogP contribution < -0.4 is 5.32 Å². The second kappa shape index (κ2) is 6.26. The highest BCUT2D eigenvalue weighted by Crippen LogP contribution is 2.27. The number of benzene rings is 2. The Morgan fingerprint density at radius 3 is 2.83 bits per heavy atom. The summed E-state index contributed by atoms with van der Waals surface area (Å²) in [5.74, 6) is -0.497. The van der Waals surface area contributed by atoms with Crippen molar-refractivity contribution >= 4 is 29.2 Å². The summed E-state index contributed by atoms with van der Waals surface area (Å²) in [6.45, 7) is -0.0416. The fraction of sp³-hybridized carbons (Fsp3) is 0.125. The van der Waals surface area contributed by atoms with Gasteiger partial charge in [-0.05, 0) is 30.3 Å². The highest BCUT2D eigenvalue weighted by atomic mass is 35.5. The Morgan fingerprint density at radius 2 is 2.09 bits per heavy atom. The zero-order chi connectivity index (χ0) is 16.4. The number of hydrogen-bond acceptors (Lipinski definition) is 4. The molecule has 0 saturated carbocycles. The molecule has 0 saturated heterocycles. The van der Waals surface area contributed by atoms with Gasteiger partial charge in [0.25, 0.3) is 0 Å². The fourth-order valence-corrected chi connectivity index (χ4v) is 2.76. The van der Waals surface area contributed by atoms with Gasteiger partial charge in [-0.15, -0.1) is 0 Å². The quantitative estimate of drug-likeness (QED) is 0.292. The van der Waals surface area contributed by atoms with Crippen molar-refractivity contribution in [3.8, 4) is 0 Å². The van der Waals surface area contributed by atoms with Gasteiger partial charge in [0.1, 0.15) is 11.9 Å². The Labute approximate surface area is 136 Å². The maximum atomic E-state index is 14.2. The molecule has 1 aliphatic heterocycles. The third-order valence-electron chi connectivity index (χ3n) is 3.57. The number of hydrogen-bond donors (Lipinski definition) is 2. The number of anilines is 1. The van der Waals surface area contributed by atoms with Crippen LogP contribution >= 0.6 is 11.6 Å². The van der Waals surface area contributed by atoms with Crippen LogP contribution in [0.15, 0.2) is 47.6 Å². The van der Waals surface area contributed by atoms with Crippen LogP contribution in [0.4, 0.5) is 10.1 Å². The van der Waals surface area contributed by atoms with Crippen molar-refractivity contribution in [2.45, 2.75) is 6.04 Å². The summed E-state index contributed by atoms with van der Waals surface area (Å²) < 4.78 is 14.9. The van der Waals surface area contributed by atoms with E-state index in [0.29, 0.717) is 21.0 Å². The van der Waals surface area contributed by atoms with Crippen LogP contribution in [0.25, 0.3) is 0 Å². The van der Waals surface area contributed by atoms with Gasteiger partial charge < -0.3 is 15.7 Å². The molecule has 118 valence electrons. The van der Waals surface area contributed by atoms with Crippen LogP contribution in [-0.2, 0) is 0 Å². The molecule has 1 unspecified atom stereocenters. The molecule has 2 N–H and O–H groups in total. The van der Waals surface area contributed by atoms with Gasteiger partial charge in [0.05, 0.1) is 17.3 Å². The molecule has 23 heavy (non-hydrogen) atoms. The summed E-state index contributed by atoms with van der Waals surface area (Å²) in [5.41, 5.74) is 1.47. The van der Waals surface area contributed by atoms with Gasteiger partial charge in [0.15, 0.2) is 6.54 Å². The Bertz CT molecular complexity index is 808. The van der Waals surface area contributed by atoms with E-state index in [4.69, 9.17) is 16.8 Å². The van der Waals surface area contributed by atoms with Gasteiger partial charge in [-0.25, -0.2) is 9.13 Å². The molecule has 1 aliphatic rings. The zero-order valence-electron chi connectivity index (χ0n) is 11.9. The molecule has 5 nitrogen and oxygen atoms in total. The first-order chi connectivity index (χ1) is 11.1. The largest absolute Gasteiger partial charge is 0.623 e. The molecule has 2 aromatic rings. The van der Waals surface area contributed by atoms with E-state index in [2.05, 4.69) is 10.5 Å². The number of benzodiazepines with no additional fused rings is 1. The van der Waals surface area contributed by atoms with Crippen molar-refractivity contribution in [2.75, 3.05) is 11.9 Å². The molecule has 3 rings (SSSR count). The average Bonchev–Trinajstić information content (AvgIpc) is 2.64. The zero-order valence-corrected chi connectivity index (χ0v) is 12.7. The van der Waals surface area contributed by atoms with E-state index in [1.807, 2.05) is 0 Å². The number of rotatable bonds is 2. The van der Waals surface area contributed by atoms with Gasteiger partial charge >= 0.3 is 0 Å². The first-order valence-corrected chi connectivity index (χ1v) is 7.28. The Hall–Kier alpha value is -2.60. The van der Waals surface area contributed by atoms with Crippen molar-refractivity contribution in [2.24, 2.45) is 5.16 Å². The van der Waals surface area contributed by atoms with Crippen molar-refractivity contribution in [1.82, 2.24) is 0 Å². The Morgan fingerprint density at radius 1 is 1.30 bits per heavy atom. The standard InChI is InChI=1S/C16H13ClFN3O2/c17-10-5-6-15-13(7-10)16(12-3-1-2-4-14(12)18)21(23)9-11(20-15)8-19-22/h1-8,11,20,22H,9H2/b19-8-. The maximum Gasteiger partial charge on any atom is 0.230 e. The summed E-state index contributed by atoms with van der Waals surface area (Å²) in [7, 11) is 0. The third-order valence-corrected chi connectivity index (χ3v) is 3.80. The van der Waals surface area contributed by atoms with E-state index < -0.39 is 11.9 Å². The predicted molar refractivity (Wildman–Crippen MR) is 87.2 cm³/mol. The van der Waals surface area contributed by atoms with Gasteiger partial charge in [-0.2, -0.15) is 0 Å². The van der Waals surface area contributed by atoms with Gasteiger partial charge in [-0.1, -0.05) is 28.9 Å². The van der Waals surface area contributed by atoms with E-state index in [1.165, 1.54) is 12.3 Å². The van der Waals surface area contributed by atoms with E-state index in [1.54, 1.807) is 36.4 Å². The SMILES string of the molecule is [O-][N+]1=C(c2ccccc2F)c2cc(Cl)ccc2NC(/C=N\O)C1. The monoisotopic (exact) mass is 333 g/mol. The van der Waals surface area contributed by atoms with E-state index in [0.717, 1.165) is 0 Å². The molecule has 2 aromatic carbocycles. The molecular formula is C16H13ClFN3O2. The molecule has 0 aromatic heterocycles. The molecule has 7 heteroatoms. The van der Waals surface area contributed by atoms with Crippen molar-refractivity contribution < 1.29 is 14.3 Å². The lowest BCUT2D eigenvalue weighted by Crippen LogP contribution is -2.30. The van der Waals surface area contributed by atoms with Crippen molar-refractivity contribution in [3.05, 3.63) is 69.6 Å². The van der Waals surface area contributed by atoms with Crippen molar-refractivity contribution in [3.63, 3.8) is 0 Å². The molecule has 0 aliphatic carbocycles. The lowest BCUT2D eigenvalue weighted by atomic mass is 10.00. The summed E-state index contributed by atoms with van der Waals surface area (Å²) in [4.78, 5) is 0. The van der Waals surface area contributed by atoms with Gasteiger partial charge in [0, 0.05) is 10.7 Å². The lowest BCUT2D eigenvalue weighted by molar-refractivity contribution is -0.455. The Balaban J connectivity index is 2.25. The Kier molecular flexibility index (Phi) is 4.16. The summed E-state index contributed by atoms with van der Waals surface area (Å²) in [5, 5.41) is 27.8. The number of nitrogens with one attached hydrogen (secondary N) is 1. The van der Waals surface area contributed by atoms with Crippen LogP contribution in [0.2, 0.25) is 5.02 Å². The van der Waals surface area contributed by atoms with Crippen LogP contribution in [0.3, 0.4) is 0 Å². The van der Waals surface area contributed by atoms with E-state index in [9.17, 15) is 9.60 Å². The maximum absolute atomic E-state index is 14.2. The fourth-order valence-electron chi connectivity index (χ4n) is 2.59. The normalized spacial score (nSPS) is 17.7. The summed E-state index contributed by atoms with van der Waals surface area (Å²) >= 11 is 6.05. The van der Waals surface area contributed by atoms with Crippen LogP contribution in [0.5, 0.6) is 0 Å². The molecular weight excluding hydrogens is 321 g/mol. The topological polar surface area (TPSA) is 70.7 Å². The number of nitrogens with zero attached hydrogens (tertiary/aromatic N) is 2. The lowest BCUT2D eigenvalue weighted by Gasteiger charge is -2.11. The van der Waals surface area contributed by atoms with Gasteiger partial charge in [0.2, 0.25) is 5.71 Å². The molecule has 0 bridgehead atoms. The minimum atomic E-state index is -0.526. The highest BCUT2D eigenvalue weighted by molar-refractivity contribution is 6.31. The number of halogens is 2. The first-order valence-electron chi connectivity index (χ1n) is 6.90. The minimum absolute atomic E-state index is 0.0416. The summed E-state index contributed by atoms with van der Waals surface area (Å²) in [6, 6.07) is 10.5. The van der Waals surface area contributed by atoms with Crippen LogP contribution in [0, 0.1) is 11.0 Å². The van der Waals surface area contributed by atoms with Crippen LogP contribution in [-0.4, -0.2) is 34.5 Å². The van der Waals surface area contributed by atoms with Crippen LogP contribution in [0.1, 0.15) is 11.1 Å².